The van der Waals surface area contributed by atoms with E-state index in [2.05, 4.69) is 25.2 Å². The van der Waals surface area contributed by atoms with E-state index >= 15 is 0 Å². The van der Waals surface area contributed by atoms with Crippen molar-refractivity contribution in [2.45, 2.75) is 45.6 Å². The Morgan fingerprint density at radius 2 is 2.13 bits per heavy atom. The van der Waals surface area contributed by atoms with E-state index in [1.165, 1.54) is 0 Å². The minimum atomic E-state index is -0.386. The van der Waals surface area contributed by atoms with E-state index in [1.807, 2.05) is 37.1 Å². The van der Waals surface area contributed by atoms with Gasteiger partial charge in [-0.15, -0.1) is 0 Å². The normalized spacial score (nSPS) is 19.2. The molecule has 1 aliphatic rings. The van der Waals surface area contributed by atoms with Crippen LogP contribution in [0.15, 0.2) is 24.3 Å². The first-order valence-electron chi connectivity index (χ1n) is 8.75. The summed E-state index contributed by atoms with van der Waals surface area (Å²) in [5.41, 5.74) is 1.16. The van der Waals surface area contributed by atoms with Crippen molar-refractivity contribution in [1.82, 2.24) is 10.2 Å². The molecule has 4 heteroatoms. The third-order valence-electron chi connectivity index (χ3n) is 4.55. The minimum Gasteiger partial charge on any atom is -0.480 e. The summed E-state index contributed by atoms with van der Waals surface area (Å²) in [7, 11) is 1.96. The Balaban J connectivity index is 2.04. The van der Waals surface area contributed by atoms with Crippen molar-refractivity contribution in [1.29, 1.82) is 0 Å². The Hall–Kier alpha value is -1.55. The van der Waals surface area contributed by atoms with Crippen molar-refractivity contribution < 1.29 is 9.53 Å². The first-order chi connectivity index (χ1) is 11.1. The van der Waals surface area contributed by atoms with Crippen molar-refractivity contribution in [2.75, 3.05) is 26.7 Å². The van der Waals surface area contributed by atoms with Gasteiger partial charge in [0.1, 0.15) is 5.75 Å². The van der Waals surface area contributed by atoms with Gasteiger partial charge in [-0.25, -0.2) is 0 Å². The van der Waals surface area contributed by atoms with Crippen molar-refractivity contribution in [3.05, 3.63) is 29.8 Å². The molecule has 2 rings (SSSR count). The molecule has 128 valence electrons. The van der Waals surface area contributed by atoms with Gasteiger partial charge in [-0.1, -0.05) is 39.0 Å². The summed E-state index contributed by atoms with van der Waals surface area (Å²) in [6, 6.07) is 8.04. The molecule has 0 saturated carbocycles. The second-order valence-corrected chi connectivity index (χ2v) is 6.70. The number of amides is 1. The van der Waals surface area contributed by atoms with Gasteiger partial charge in [0.2, 0.25) is 0 Å². The third-order valence-corrected chi connectivity index (χ3v) is 4.55. The fourth-order valence-corrected chi connectivity index (χ4v) is 3.22. The highest BCUT2D eigenvalue weighted by molar-refractivity contribution is 5.81. The van der Waals surface area contributed by atoms with E-state index in [0.717, 1.165) is 37.4 Å². The van der Waals surface area contributed by atoms with Crippen LogP contribution in [0.2, 0.25) is 0 Å². The molecule has 0 spiro atoms. The Labute approximate surface area is 140 Å². The Kier molecular flexibility index (Phi) is 6.46. The average Bonchev–Trinajstić information content (AvgIpc) is 3.01. The molecule has 0 radical (unpaired) electrons. The predicted molar refractivity (Wildman–Crippen MR) is 93.9 cm³/mol. The van der Waals surface area contributed by atoms with Gasteiger partial charge in [-0.2, -0.15) is 0 Å². The number of nitrogens with one attached hydrogen (secondary N) is 1. The summed E-state index contributed by atoms with van der Waals surface area (Å²) < 4.78 is 6.12. The van der Waals surface area contributed by atoms with E-state index in [9.17, 15) is 4.79 Å². The molecule has 1 heterocycles. The second-order valence-electron chi connectivity index (χ2n) is 6.70. The summed E-state index contributed by atoms with van der Waals surface area (Å²) in [4.78, 5) is 14.8. The van der Waals surface area contributed by atoms with Gasteiger partial charge in [-0.3, -0.25) is 4.79 Å². The number of carbonyl (C=O) groups is 1. The van der Waals surface area contributed by atoms with Crippen molar-refractivity contribution >= 4 is 5.91 Å². The van der Waals surface area contributed by atoms with Crippen LogP contribution in [0.25, 0.3) is 0 Å². The zero-order valence-electron chi connectivity index (χ0n) is 14.8. The number of hydrogen-bond acceptors (Lipinski definition) is 3. The fraction of sp³-hybridized carbons (Fsp3) is 0.632. The maximum absolute atomic E-state index is 12.8. The molecule has 23 heavy (non-hydrogen) atoms. The van der Waals surface area contributed by atoms with Crippen LogP contribution in [0.3, 0.4) is 0 Å². The van der Waals surface area contributed by atoms with Gasteiger partial charge in [0, 0.05) is 13.1 Å². The number of ether oxygens (including phenoxy) is 1. The van der Waals surface area contributed by atoms with Gasteiger partial charge < -0.3 is 15.0 Å². The number of nitrogens with zero attached hydrogens (tertiary/aromatic N) is 1. The van der Waals surface area contributed by atoms with Gasteiger partial charge in [0.15, 0.2) is 6.10 Å². The fourth-order valence-electron chi connectivity index (χ4n) is 3.22. The lowest BCUT2D eigenvalue weighted by Gasteiger charge is -2.25. The van der Waals surface area contributed by atoms with Crippen LogP contribution in [0.4, 0.5) is 0 Å². The van der Waals surface area contributed by atoms with Crippen molar-refractivity contribution in [2.24, 2.45) is 5.92 Å². The molecule has 1 amide bonds. The number of rotatable bonds is 7. The van der Waals surface area contributed by atoms with Crippen LogP contribution in [-0.4, -0.2) is 43.6 Å². The van der Waals surface area contributed by atoms with Crippen LogP contribution in [0.1, 0.15) is 45.1 Å². The summed E-state index contributed by atoms with van der Waals surface area (Å²) in [5.74, 6) is 1.91. The highest BCUT2D eigenvalue weighted by atomic mass is 16.5. The lowest BCUT2D eigenvalue weighted by molar-refractivity contribution is -0.137. The predicted octanol–water partition coefficient (Wildman–Crippen LogP) is 3.04. The summed E-state index contributed by atoms with van der Waals surface area (Å²) in [6.07, 6.45) is 1.38. The number of para-hydroxylation sites is 1. The number of carbonyl (C=O) groups excluding carboxylic acids is 1. The van der Waals surface area contributed by atoms with Gasteiger partial charge >= 0.3 is 0 Å². The molecular weight excluding hydrogens is 288 g/mol. The Morgan fingerprint density at radius 1 is 1.39 bits per heavy atom. The third kappa shape index (κ3) is 4.47. The monoisotopic (exact) mass is 318 g/mol. The van der Waals surface area contributed by atoms with E-state index in [0.29, 0.717) is 18.3 Å². The number of likely N-dealkylation sites (tertiary alicyclic amines) is 1. The molecule has 0 aromatic heterocycles. The highest BCUT2D eigenvalue weighted by Crippen LogP contribution is 2.28. The minimum absolute atomic E-state index is 0.129. The number of hydrogen-bond donors (Lipinski definition) is 1. The molecule has 1 N–H and O–H groups in total. The molecule has 1 aromatic rings. The second kappa shape index (κ2) is 8.34. The average molecular weight is 318 g/mol. The maximum atomic E-state index is 12.8. The lowest BCUT2D eigenvalue weighted by Crippen LogP contribution is -2.41. The molecule has 4 nitrogen and oxygen atoms in total. The van der Waals surface area contributed by atoms with Crippen LogP contribution < -0.4 is 10.1 Å². The van der Waals surface area contributed by atoms with E-state index in [1.54, 1.807) is 0 Å². The van der Waals surface area contributed by atoms with E-state index in [4.69, 9.17) is 4.74 Å². The maximum Gasteiger partial charge on any atom is 0.263 e. The van der Waals surface area contributed by atoms with Crippen molar-refractivity contribution in [3.63, 3.8) is 0 Å². The SMILES string of the molecule is CC[C@H](Oc1ccccc1C(C)C)C(=O)N1CC[C@H](CNC)C1. The Morgan fingerprint density at radius 3 is 2.78 bits per heavy atom. The summed E-state index contributed by atoms with van der Waals surface area (Å²) in [6.45, 7) is 8.96. The van der Waals surface area contributed by atoms with Crippen LogP contribution in [0.5, 0.6) is 5.75 Å². The molecule has 1 saturated heterocycles. The lowest BCUT2D eigenvalue weighted by atomic mass is 10.0. The largest absolute Gasteiger partial charge is 0.480 e. The van der Waals surface area contributed by atoms with Gasteiger partial charge in [-0.05, 0) is 49.9 Å². The molecule has 1 fully saturated rings. The molecule has 0 unspecified atom stereocenters. The van der Waals surface area contributed by atoms with Gasteiger partial charge in [0.05, 0.1) is 0 Å². The Bertz CT molecular complexity index is 516. The van der Waals surface area contributed by atoms with E-state index in [-0.39, 0.29) is 12.0 Å². The molecule has 0 bridgehead atoms. The standard InChI is InChI=1S/C19H30N2O2/c1-5-17(19(22)21-11-10-15(13-21)12-20-4)23-18-9-7-6-8-16(18)14(2)3/h6-9,14-15,17,20H,5,10-13H2,1-4H3/t15-,17+/m1/s1. The van der Waals surface area contributed by atoms with Crippen molar-refractivity contribution in [3.8, 4) is 5.75 Å². The molecule has 0 aliphatic carbocycles. The quantitative estimate of drug-likeness (QED) is 0.840. The molecule has 1 aliphatic heterocycles. The zero-order valence-corrected chi connectivity index (χ0v) is 14.8. The zero-order chi connectivity index (χ0) is 16.8. The molecule has 1 aromatic carbocycles. The molecular formula is C19H30N2O2. The topological polar surface area (TPSA) is 41.6 Å². The van der Waals surface area contributed by atoms with Crippen LogP contribution >= 0.6 is 0 Å². The van der Waals surface area contributed by atoms with Crippen LogP contribution in [0, 0.1) is 5.92 Å². The first kappa shape index (κ1) is 17.8. The number of benzene rings is 1. The first-order valence-corrected chi connectivity index (χ1v) is 8.75. The summed E-state index contributed by atoms with van der Waals surface area (Å²) >= 11 is 0. The van der Waals surface area contributed by atoms with E-state index < -0.39 is 0 Å². The van der Waals surface area contributed by atoms with Crippen LogP contribution in [-0.2, 0) is 4.79 Å². The van der Waals surface area contributed by atoms with Gasteiger partial charge in [0.25, 0.3) is 5.91 Å². The smallest absolute Gasteiger partial charge is 0.263 e. The highest BCUT2D eigenvalue weighted by Gasteiger charge is 2.31. The molecule has 2 atom stereocenters. The summed E-state index contributed by atoms with van der Waals surface area (Å²) in [5, 5.41) is 3.20.